The molecule has 1 spiro atoms. The average molecular weight is 462 g/mol. The molecule has 132 valence electrons. The molecule has 0 unspecified atom stereocenters. The van der Waals surface area contributed by atoms with Crippen LogP contribution in [0, 0.1) is 11.3 Å². The highest BCUT2D eigenvalue weighted by Crippen LogP contribution is 2.58. The van der Waals surface area contributed by atoms with Crippen LogP contribution < -0.4 is 15.4 Å². The van der Waals surface area contributed by atoms with Gasteiger partial charge in [0.05, 0.1) is 22.9 Å². The first kappa shape index (κ1) is 18.1. The maximum atomic E-state index is 12.0. The minimum atomic E-state index is -0.0776. The lowest BCUT2D eigenvalue weighted by Gasteiger charge is -2.57. The van der Waals surface area contributed by atoms with Crippen LogP contribution in [0.2, 0.25) is 0 Å². The number of hydrogen-bond donors (Lipinski definition) is 2. The van der Waals surface area contributed by atoms with Crippen LogP contribution >= 0.6 is 30.4 Å². The molecular formula is C17H23IN2O3S. The van der Waals surface area contributed by atoms with Crippen molar-refractivity contribution in [3.63, 3.8) is 0 Å². The Balaban J connectivity index is 1.31. The van der Waals surface area contributed by atoms with E-state index in [0.717, 1.165) is 30.8 Å². The first-order valence-corrected chi connectivity index (χ1v) is 11.5. The van der Waals surface area contributed by atoms with Gasteiger partial charge in [0.25, 0.3) is 0 Å². The summed E-state index contributed by atoms with van der Waals surface area (Å²) < 4.78 is 10.5. The Labute approximate surface area is 159 Å². The Morgan fingerprint density at radius 2 is 2.00 bits per heavy atom. The van der Waals surface area contributed by atoms with Crippen molar-refractivity contribution in [3.8, 4) is 5.75 Å². The molecule has 2 N–H and O–H groups in total. The molecule has 2 aliphatic carbocycles. The Morgan fingerprint density at radius 3 is 2.62 bits per heavy atom. The second-order valence-electron chi connectivity index (χ2n) is 6.90. The third-order valence-electron chi connectivity index (χ3n) is 5.10. The zero-order valence-electron chi connectivity index (χ0n) is 13.7. The van der Waals surface area contributed by atoms with Crippen LogP contribution in [-0.2, 0) is 10.7 Å². The molecule has 0 atom stereocenters. The SMILES string of the molecule is COc1ccc(CNC(=O)NC2CC3(CC(COSI)C3)C2)cc1. The Bertz CT molecular complexity index is 555. The molecule has 24 heavy (non-hydrogen) atoms. The Hall–Kier alpha value is -0.670. The van der Waals surface area contributed by atoms with Gasteiger partial charge in [-0.25, -0.2) is 4.79 Å². The lowest BCUT2D eigenvalue weighted by molar-refractivity contribution is -0.0577. The number of urea groups is 1. The predicted octanol–water partition coefficient (Wildman–Crippen LogP) is 4.07. The lowest BCUT2D eigenvalue weighted by Crippen LogP contribution is -2.58. The largest absolute Gasteiger partial charge is 0.497 e. The van der Waals surface area contributed by atoms with E-state index >= 15 is 0 Å². The maximum absolute atomic E-state index is 12.0. The summed E-state index contributed by atoms with van der Waals surface area (Å²) in [5, 5.41) is 6.00. The summed E-state index contributed by atoms with van der Waals surface area (Å²) in [6.45, 7) is 1.39. The number of nitrogens with one attached hydrogen (secondary N) is 2. The van der Waals surface area contributed by atoms with Crippen molar-refractivity contribution >= 4 is 36.5 Å². The number of hydrogen-bond acceptors (Lipinski definition) is 4. The lowest BCUT2D eigenvalue weighted by atomic mass is 9.50. The highest BCUT2D eigenvalue weighted by molar-refractivity contribution is 14.2. The van der Waals surface area contributed by atoms with Crippen molar-refractivity contribution in [2.24, 2.45) is 11.3 Å². The van der Waals surface area contributed by atoms with Crippen LogP contribution in [0.25, 0.3) is 0 Å². The molecule has 1 aromatic carbocycles. The fourth-order valence-electron chi connectivity index (χ4n) is 3.99. The number of halogens is 1. The minimum absolute atomic E-state index is 0.0776. The summed E-state index contributed by atoms with van der Waals surface area (Å²) in [6, 6.07) is 7.97. The van der Waals surface area contributed by atoms with E-state index in [2.05, 4.69) is 31.8 Å². The number of carbonyl (C=O) groups is 1. The van der Waals surface area contributed by atoms with E-state index in [1.165, 1.54) is 22.1 Å². The molecule has 0 heterocycles. The quantitative estimate of drug-likeness (QED) is 0.474. The first-order valence-electron chi connectivity index (χ1n) is 8.20. The number of amides is 2. The molecule has 2 saturated carbocycles. The van der Waals surface area contributed by atoms with Gasteiger partial charge < -0.3 is 19.6 Å². The summed E-state index contributed by atoms with van der Waals surface area (Å²) in [7, 11) is 3.06. The monoisotopic (exact) mass is 462 g/mol. The Kier molecular flexibility index (Phi) is 6.15. The van der Waals surface area contributed by atoms with E-state index in [1.54, 1.807) is 7.11 Å². The summed E-state index contributed by atoms with van der Waals surface area (Å²) in [5.74, 6) is 1.53. The topological polar surface area (TPSA) is 59.6 Å². The average Bonchev–Trinajstić information content (AvgIpc) is 2.53. The van der Waals surface area contributed by atoms with Gasteiger partial charge in [-0.05, 0) is 54.7 Å². The van der Waals surface area contributed by atoms with Gasteiger partial charge in [-0.3, -0.25) is 0 Å². The zero-order chi connectivity index (χ0) is 17.0. The van der Waals surface area contributed by atoms with Crippen LogP contribution in [0.3, 0.4) is 0 Å². The molecule has 0 aromatic heterocycles. The maximum Gasteiger partial charge on any atom is 0.315 e. The normalized spacial score (nSPS) is 27.9. The first-order chi connectivity index (χ1) is 11.6. The van der Waals surface area contributed by atoms with Crippen molar-refractivity contribution in [1.29, 1.82) is 0 Å². The second kappa shape index (κ2) is 8.14. The molecule has 1 aromatic rings. The van der Waals surface area contributed by atoms with Crippen LogP contribution in [0.4, 0.5) is 4.79 Å². The van der Waals surface area contributed by atoms with E-state index in [1.807, 2.05) is 24.3 Å². The molecule has 0 bridgehead atoms. The van der Waals surface area contributed by atoms with Gasteiger partial charge in [0.1, 0.15) is 5.75 Å². The third-order valence-corrected chi connectivity index (χ3v) is 6.09. The molecule has 7 heteroatoms. The van der Waals surface area contributed by atoms with Gasteiger partial charge >= 0.3 is 6.03 Å². The van der Waals surface area contributed by atoms with E-state index in [0.29, 0.717) is 23.9 Å². The van der Waals surface area contributed by atoms with Crippen molar-refractivity contribution in [1.82, 2.24) is 10.6 Å². The summed E-state index contributed by atoms with van der Waals surface area (Å²) in [6.07, 6.45) is 4.71. The molecule has 5 nitrogen and oxygen atoms in total. The number of benzene rings is 1. The van der Waals surface area contributed by atoms with Crippen molar-refractivity contribution < 1.29 is 13.7 Å². The van der Waals surface area contributed by atoms with E-state index in [9.17, 15) is 4.79 Å². The van der Waals surface area contributed by atoms with Gasteiger partial charge in [0.2, 0.25) is 0 Å². The van der Waals surface area contributed by atoms with E-state index < -0.39 is 0 Å². The molecule has 0 saturated heterocycles. The molecule has 2 fully saturated rings. The van der Waals surface area contributed by atoms with Crippen LogP contribution in [0.15, 0.2) is 24.3 Å². The molecule has 3 rings (SSSR count). The highest BCUT2D eigenvalue weighted by atomic mass is 127. The number of methoxy groups -OCH3 is 1. The molecule has 2 amide bonds. The van der Waals surface area contributed by atoms with Crippen LogP contribution in [0.5, 0.6) is 5.75 Å². The van der Waals surface area contributed by atoms with Gasteiger partial charge in [0.15, 0.2) is 0 Å². The third kappa shape index (κ3) is 4.49. The predicted molar refractivity (Wildman–Crippen MR) is 104 cm³/mol. The standard InChI is InChI=1S/C17H23IN2O3S/c1-22-15-4-2-12(3-5-15)10-19-16(21)20-14-8-17(9-14)6-13(7-17)11-23-24-18/h2-5,13-14H,6-11H2,1H3,(H2,19,20,21). The fourth-order valence-corrected chi connectivity index (χ4v) is 4.67. The van der Waals surface area contributed by atoms with E-state index in [4.69, 9.17) is 8.92 Å². The van der Waals surface area contributed by atoms with Gasteiger partial charge in [-0.1, -0.05) is 12.1 Å². The smallest absolute Gasteiger partial charge is 0.315 e. The van der Waals surface area contributed by atoms with Crippen molar-refractivity contribution in [2.75, 3.05) is 13.7 Å². The van der Waals surface area contributed by atoms with Crippen molar-refractivity contribution in [3.05, 3.63) is 29.8 Å². The highest BCUT2D eigenvalue weighted by Gasteiger charge is 2.53. The summed E-state index contributed by atoms with van der Waals surface area (Å²) in [4.78, 5) is 12.0. The molecule has 0 radical (unpaired) electrons. The van der Waals surface area contributed by atoms with Gasteiger partial charge in [-0.2, -0.15) is 0 Å². The summed E-state index contributed by atoms with van der Waals surface area (Å²) in [5.41, 5.74) is 1.55. The van der Waals surface area contributed by atoms with Crippen LogP contribution in [0.1, 0.15) is 31.2 Å². The second-order valence-corrected chi connectivity index (χ2v) is 8.34. The van der Waals surface area contributed by atoms with E-state index in [-0.39, 0.29) is 6.03 Å². The molecule has 0 aliphatic heterocycles. The Morgan fingerprint density at radius 1 is 1.29 bits per heavy atom. The summed E-state index contributed by atoms with van der Waals surface area (Å²) >= 11 is 2.16. The number of carbonyl (C=O) groups excluding carboxylic acids is 1. The molecule has 2 aliphatic rings. The van der Waals surface area contributed by atoms with Gasteiger partial charge in [-0.15, -0.1) is 0 Å². The number of rotatable bonds is 7. The zero-order valence-corrected chi connectivity index (χ0v) is 16.7. The van der Waals surface area contributed by atoms with Crippen LogP contribution in [-0.4, -0.2) is 25.8 Å². The minimum Gasteiger partial charge on any atom is -0.497 e. The van der Waals surface area contributed by atoms with Gasteiger partial charge in [0, 0.05) is 33.8 Å². The number of ether oxygens (including phenoxy) is 1. The molecular weight excluding hydrogens is 439 g/mol. The fraction of sp³-hybridized carbons (Fsp3) is 0.588. The van der Waals surface area contributed by atoms with Crippen molar-refractivity contribution in [2.45, 2.75) is 38.3 Å².